The summed E-state index contributed by atoms with van der Waals surface area (Å²) in [7, 11) is 0. The second kappa shape index (κ2) is 7.51. The number of hydrogen-bond donors (Lipinski definition) is 1. The molecule has 1 atom stereocenters. The number of hydrogen-bond acceptors (Lipinski definition) is 6. The molecular weight excluding hydrogens is 376 g/mol. The highest BCUT2D eigenvalue weighted by atomic mass is 16.5. The molecule has 0 radical (unpaired) electrons. The van der Waals surface area contributed by atoms with Gasteiger partial charge in [-0.1, -0.05) is 6.92 Å². The predicted octanol–water partition coefficient (Wildman–Crippen LogP) is 1.16. The molecule has 2 saturated heterocycles. The molecule has 1 aromatic heterocycles. The van der Waals surface area contributed by atoms with E-state index in [0.29, 0.717) is 43.8 Å². The van der Waals surface area contributed by atoms with Gasteiger partial charge in [0.05, 0.1) is 11.9 Å². The molecular formula is C21H24N2O6. The van der Waals surface area contributed by atoms with Gasteiger partial charge in [0, 0.05) is 19.2 Å². The van der Waals surface area contributed by atoms with E-state index < -0.39 is 11.2 Å². The number of nitrogens with zero attached hydrogens (tertiary/aromatic N) is 1. The van der Waals surface area contributed by atoms with E-state index in [-0.39, 0.29) is 25.0 Å². The van der Waals surface area contributed by atoms with E-state index in [1.807, 2.05) is 19.9 Å². The molecule has 29 heavy (non-hydrogen) atoms. The minimum atomic E-state index is -0.502. The molecule has 2 amide bonds. The summed E-state index contributed by atoms with van der Waals surface area (Å²) in [5.74, 6) is 0.255. The average Bonchev–Trinajstić information content (AvgIpc) is 3.11. The maximum absolute atomic E-state index is 12.7. The maximum Gasteiger partial charge on any atom is 0.336 e. The fourth-order valence-electron chi connectivity index (χ4n) is 3.99. The van der Waals surface area contributed by atoms with Gasteiger partial charge in [-0.25, -0.2) is 4.79 Å². The number of amides is 2. The van der Waals surface area contributed by atoms with Gasteiger partial charge < -0.3 is 24.1 Å². The molecule has 1 spiro atoms. The van der Waals surface area contributed by atoms with E-state index in [9.17, 15) is 14.4 Å². The molecule has 0 bridgehead atoms. The molecule has 2 aliphatic rings. The Morgan fingerprint density at radius 1 is 1.31 bits per heavy atom. The lowest BCUT2D eigenvalue weighted by atomic mass is 10.0. The summed E-state index contributed by atoms with van der Waals surface area (Å²) in [4.78, 5) is 37.5. The van der Waals surface area contributed by atoms with Crippen LogP contribution in [-0.2, 0) is 20.7 Å². The zero-order valence-electron chi connectivity index (χ0n) is 16.6. The van der Waals surface area contributed by atoms with Gasteiger partial charge in [0.2, 0.25) is 5.91 Å². The van der Waals surface area contributed by atoms with E-state index >= 15 is 0 Å². The largest absolute Gasteiger partial charge is 0.483 e. The molecule has 1 unspecified atom stereocenters. The molecule has 3 heterocycles. The highest BCUT2D eigenvalue weighted by molar-refractivity contribution is 5.88. The van der Waals surface area contributed by atoms with Crippen LogP contribution in [0.25, 0.3) is 11.0 Å². The summed E-state index contributed by atoms with van der Waals surface area (Å²) < 4.78 is 16.9. The van der Waals surface area contributed by atoms with Crippen molar-refractivity contribution in [1.29, 1.82) is 0 Å². The Bertz CT molecular complexity index is 1020. The molecule has 154 valence electrons. The first-order valence-corrected chi connectivity index (χ1v) is 9.78. The molecule has 1 N–H and O–H groups in total. The van der Waals surface area contributed by atoms with Gasteiger partial charge in [-0.05, 0) is 43.0 Å². The Balaban J connectivity index is 1.49. The number of benzene rings is 1. The van der Waals surface area contributed by atoms with Crippen LogP contribution in [0.1, 0.15) is 24.5 Å². The lowest BCUT2D eigenvalue weighted by Gasteiger charge is -2.33. The third-order valence-corrected chi connectivity index (χ3v) is 5.55. The summed E-state index contributed by atoms with van der Waals surface area (Å²) in [5.41, 5.74) is 1.26. The third-order valence-electron chi connectivity index (χ3n) is 5.55. The van der Waals surface area contributed by atoms with Gasteiger partial charge in [-0.2, -0.15) is 0 Å². The van der Waals surface area contributed by atoms with Crippen molar-refractivity contribution in [2.24, 2.45) is 0 Å². The van der Waals surface area contributed by atoms with Gasteiger partial charge in [-0.15, -0.1) is 0 Å². The van der Waals surface area contributed by atoms with E-state index in [2.05, 4.69) is 5.32 Å². The van der Waals surface area contributed by atoms with Crippen LogP contribution >= 0.6 is 0 Å². The molecule has 0 aliphatic carbocycles. The fourth-order valence-corrected chi connectivity index (χ4v) is 3.99. The molecule has 1 aromatic carbocycles. The summed E-state index contributed by atoms with van der Waals surface area (Å²) >= 11 is 0. The van der Waals surface area contributed by atoms with Crippen LogP contribution in [0.2, 0.25) is 0 Å². The second-order valence-electron chi connectivity index (χ2n) is 7.68. The first-order chi connectivity index (χ1) is 13.9. The minimum absolute atomic E-state index is 0.0266. The Morgan fingerprint density at radius 3 is 2.86 bits per heavy atom. The molecule has 2 aromatic rings. The summed E-state index contributed by atoms with van der Waals surface area (Å²) in [5, 5.41) is 3.53. The Labute approximate surface area is 167 Å². The van der Waals surface area contributed by atoms with Crippen LogP contribution in [0.3, 0.4) is 0 Å². The van der Waals surface area contributed by atoms with Crippen LogP contribution < -0.4 is 15.7 Å². The lowest BCUT2D eigenvalue weighted by Crippen LogP contribution is -2.54. The van der Waals surface area contributed by atoms with Gasteiger partial charge in [0.25, 0.3) is 5.91 Å². The average molecular weight is 400 g/mol. The van der Waals surface area contributed by atoms with Crippen molar-refractivity contribution in [2.45, 2.75) is 32.3 Å². The van der Waals surface area contributed by atoms with Crippen LogP contribution in [0.15, 0.2) is 27.4 Å². The quantitative estimate of drug-likeness (QED) is 0.774. The van der Waals surface area contributed by atoms with Crippen molar-refractivity contribution in [2.75, 3.05) is 32.8 Å². The molecule has 2 fully saturated rings. The number of carbonyl (C=O) groups is 2. The topological polar surface area (TPSA) is 98.1 Å². The summed E-state index contributed by atoms with van der Waals surface area (Å²) in [6.07, 6.45) is 1.32. The standard InChI is InChI=1S/C21H24N2O6/c1-3-14-8-19(26)29-16-7-13(2)6-15(20(14)16)27-10-18(25)23-5-4-21(12-23)11-22-17(24)9-28-21/h6-8H,3-5,9-12H2,1-2H3,(H,22,24). The molecule has 4 rings (SSSR count). The van der Waals surface area contributed by atoms with Crippen LogP contribution in [0.4, 0.5) is 0 Å². The number of carbonyl (C=O) groups excluding carboxylic acids is 2. The SMILES string of the molecule is CCc1cc(=O)oc2cc(C)cc(OCC(=O)N3CCC4(CNC(=O)CO4)C3)c12. The number of ether oxygens (including phenoxy) is 2. The van der Waals surface area contributed by atoms with Gasteiger partial charge >= 0.3 is 5.63 Å². The first-order valence-electron chi connectivity index (χ1n) is 9.78. The van der Waals surface area contributed by atoms with Crippen LogP contribution in [0.5, 0.6) is 5.75 Å². The Kier molecular flexibility index (Phi) is 5.04. The summed E-state index contributed by atoms with van der Waals surface area (Å²) in [6, 6.07) is 5.11. The van der Waals surface area contributed by atoms with E-state index in [0.717, 1.165) is 16.5 Å². The lowest BCUT2D eigenvalue weighted by molar-refractivity contribution is -0.143. The monoisotopic (exact) mass is 400 g/mol. The zero-order valence-corrected chi connectivity index (χ0v) is 16.6. The number of morpholine rings is 1. The first kappa shape index (κ1) is 19.4. The molecule has 2 aliphatic heterocycles. The number of likely N-dealkylation sites (tertiary alicyclic amines) is 1. The fraction of sp³-hybridized carbons (Fsp3) is 0.476. The third kappa shape index (κ3) is 3.85. The Morgan fingerprint density at radius 2 is 2.14 bits per heavy atom. The van der Waals surface area contributed by atoms with Gasteiger partial charge in [0.15, 0.2) is 6.61 Å². The van der Waals surface area contributed by atoms with Crippen molar-refractivity contribution >= 4 is 22.8 Å². The van der Waals surface area contributed by atoms with Crippen LogP contribution in [-0.4, -0.2) is 55.2 Å². The second-order valence-corrected chi connectivity index (χ2v) is 7.68. The predicted molar refractivity (Wildman–Crippen MR) is 105 cm³/mol. The van der Waals surface area contributed by atoms with Gasteiger partial charge in [-0.3, -0.25) is 9.59 Å². The minimum Gasteiger partial charge on any atom is -0.483 e. The van der Waals surface area contributed by atoms with Crippen molar-refractivity contribution in [3.8, 4) is 5.75 Å². The maximum atomic E-state index is 12.7. The highest BCUT2D eigenvalue weighted by Gasteiger charge is 2.43. The normalized spacial score (nSPS) is 21.6. The number of aryl methyl sites for hydroxylation is 2. The number of rotatable bonds is 4. The summed E-state index contributed by atoms with van der Waals surface area (Å²) in [6.45, 7) is 5.14. The van der Waals surface area contributed by atoms with Crippen molar-refractivity contribution < 1.29 is 23.5 Å². The van der Waals surface area contributed by atoms with E-state index in [1.54, 1.807) is 11.0 Å². The van der Waals surface area contributed by atoms with E-state index in [4.69, 9.17) is 13.9 Å². The zero-order chi connectivity index (χ0) is 20.6. The van der Waals surface area contributed by atoms with Crippen molar-refractivity contribution in [3.63, 3.8) is 0 Å². The number of fused-ring (bicyclic) bond motifs is 1. The molecule has 0 saturated carbocycles. The molecule has 8 nitrogen and oxygen atoms in total. The smallest absolute Gasteiger partial charge is 0.336 e. The van der Waals surface area contributed by atoms with Gasteiger partial charge in [0.1, 0.15) is 23.5 Å². The molecule has 8 heteroatoms. The number of nitrogens with one attached hydrogen (secondary N) is 1. The highest BCUT2D eigenvalue weighted by Crippen LogP contribution is 2.31. The van der Waals surface area contributed by atoms with E-state index in [1.165, 1.54) is 6.07 Å². The Hall–Kier alpha value is -2.87. The van der Waals surface area contributed by atoms with Crippen molar-refractivity contribution in [3.05, 3.63) is 39.7 Å². The van der Waals surface area contributed by atoms with Crippen molar-refractivity contribution in [1.82, 2.24) is 10.2 Å². The van der Waals surface area contributed by atoms with Crippen LogP contribution in [0, 0.1) is 6.92 Å².